The second-order valence-electron chi connectivity index (χ2n) is 3.42. The number of hydrogen-bond acceptors (Lipinski definition) is 4. The Kier molecular flexibility index (Phi) is 1.80. The molecule has 1 aliphatic rings. The fourth-order valence-electron chi connectivity index (χ4n) is 1.27. The maximum absolute atomic E-state index is 12.5. The average molecular weight is 200 g/mol. The van der Waals surface area contributed by atoms with Crippen LogP contribution in [-0.2, 0) is 0 Å². The molecule has 0 unspecified atom stereocenters. The largest absolute Gasteiger partial charge is 0.396 e. The zero-order valence-electron chi connectivity index (χ0n) is 7.67. The van der Waals surface area contributed by atoms with Crippen LogP contribution in [0.15, 0.2) is 6.20 Å². The van der Waals surface area contributed by atoms with Gasteiger partial charge in [-0.05, 0) is 6.92 Å². The molecule has 1 aliphatic heterocycles. The van der Waals surface area contributed by atoms with Crippen LogP contribution < -0.4 is 10.6 Å². The molecule has 4 nitrogen and oxygen atoms in total. The lowest BCUT2D eigenvalue weighted by atomic mass is 10.2. The Morgan fingerprint density at radius 3 is 2.64 bits per heavy atom. The van der Waals surface area contributed by atoms with Gasteiger partial charge in [0, 0.05) is 0 Å². The summed E-state index contributed by atoms with van der Waals surface area (Å²) in [5.41, 5.74) is 6.60. The minimum absolute atomic E-state index is 0.309. The molecule has 0 bridgehead atoms. The third-order valence-electron chi connectivity index (χ3n) is 2.13. The van der Waals surface area contributed by atoms with Gasteiger partial charge in [-0.25, -0.2) is 18.7 Å². The number of halogens is 2. The number of nitrogens with zero attached hydrogens (tertiary/aromatic N) is 3. The summed E-state index contributed by atoms with van der Waals surface area (Å²) in [5, 5.41) is 0. The molecule has 1 aromatic heterocycles. The summed E-state index contributed by atoms with van der Waals surface area (Å²) in [5.74, 6) is -2.28. The van der Waals surface area contributed by atoms with E-state index in [4.69, 9.17) is 5.73 Å². The minimum atomic E-state index is -2.60. The molecule has 76 valence electrons. The highest BCUT2D eigenvalue weighted by molar-refractivity contribution is 5.45. The van der Waals surface area contributed by atoms with Crippen LogP contribution in [0.3, 0.4) is 0 Å². The van der Waals surface area contributed by atoms with Gasteiger partial charge in [-0.15, -0.1) is 0 Å². The summed E-state index contributed by atoms with van der Waals surface area (Å²) < 4.78 is 25.1. The van der Waals surface area contributed by atoms with Gasteiger partial charge >= 0.3 is 0 Å². The van der Waals surface area contributed by atoms with Crippen LogP contribution in [0.1, 0.15) is 5.69 Å². The van der Waals surface area contributed by atoms with Crippen LogP contribution in [0, 0.1) is 6.92 Å². The molecule has 0 spiro atoms. The highest BCUT2D eigenvalue weighted by Crippen LogP contribution is 2.29. The normalized spacial score (nSPS) is 19.2. The van der Waals surface area contributed by atoms with Crippen LogP contribution in [-0.4, -0.2) is 29.0 Å². The van der Waals surface area contributed by atoms with Crippen LogP contribution in [0.4, 0.5) is 20.4 Å². The highest BCUT2D eigenvalue weighted by atomic mass is 19.3. The minimum Gasteiger partial charge on any atom is -0.396 e. The topological polar surface area (TPSA) is 55.0 Å². The number of hydrogen-bond donors (Lipinski definition) is 1. The van der Waals surface area contributed by atoms with Gasteiger partial charge in [0.2, 0.25) is 5.95 Å². The Morgan fingerprint density at radius 2 is 2.14 bits per heavy atom. The van der Waals surface area contributed by atoms with Crippen LogP contribution in [0.5, 0.6) is 0 Å². The third-order valence-corrected chi connectivity index (χ3v) is 2.13. The summed E-state index contributed by atoms with van der Waals surface area (Å²) in [7, 11) is 0. The zero-order chi connectivity index (χ0) is 10.3. The molecule has 0 amide bonds. The maximum Gasteiger partial charge on any atom is 0.282 e. The predicted octanol–water partition coefficient (Wildman–Crippen LogP) is 0.823. The standard InChI is InChI=1S/C8H10F2N4/c1-5-6(11)2-12-7(13-5)14-3-8(9,10)4-14/h2H,3-4,11H2,1H3. The van der Waals surface area contributed by atoms with Crippen molar-refractivity contribution in [2.45, 2.75) is 12.8 Å². The monoisotopic (exact) mass is 200 g/mol. The lowest BCUT2D eigenvalue weighted by Crippen LogP contribution is -2.57. The van der Waals surface area contributed by atoms with Gasteiger partial charge in [-0.3, -0.25) is 0 Å². The van der Waals surface area contributed by atoms with E-state index < -0.39 is 5.92 Å². The SMILES string of the molecule is Cc1nc(N2CC(F)(F)C2)ncc1N. The Hall–Kier alpha value is -1.46. The van der Waals surface area contributed by atoms with E-state index in [1.165, 1.54) is 11.1 Å². The first-order valence-corrected chi connectivity index (χ1v) is 4.20. The molecule has 6 heteroatoms. The van der Waals surface area contributed by atoms with Gasteiger partial charge in [-0.2, -0.15) is 0 Å². The Balaban J connectivity index is 2.16. The number of anilines is 2. The zero-order valence-corrected chi connectivity index (χ0v) is 7.67. The van der Waals surface area contributed by atoms with E-state index in [0.29, 0.717) is 17.3 Å². The highest BCUT2D eigenvalue weighted by Gasteiger charge is 2.45. The van der Waals surface area contributed by atoms with Gasteiger partial charge in [0.15, 0.2) is 0 Å². The Labute approximate surface area is 79.8 Å². The summed E-state index contributed by atoms with van der Waals surface area (Å²) in [6.07, 6.45) is 1.44. The summed E-state index contributed by atoms with van der Waals surface area (Å²) in [4.78, 5) is 9.32. The van der Waals surface area contributed by atoms with Crippen LogP contribution in [0.2, 0.25) is 0 Å². The summed E-state index contributed by atoms with van der Waals surface area (Å²) in [6.45, 7) is 1.10. The first kappa shape index (κ1) is 9.11. The molecule has 2 N–H and O–H groups in total. The van der Waals surface area contributed by atoms with Crippen molar-refractivity contribution in [1.82, 2.24) is 9.97 Å². The van der Waals surface area contributed by atoms with Gasteiger partial charge in [0.25, 0.3) is 5.92 Å². The van der Waals surface area contributed by atoms with E-state index >= 15 is 0 Å². The van der Waals surface area contributed by atoms with E-state index in [2.05, 4.69) is 9.97 Å². The molecule has 0 aromatic carbocycles. The average Bonchev–Trinajstić information content (AvgIpc) is 2.06. The smallest absolute Gasteiger partial charge is 0.282 e. The van der Waals surface area contributed by atoms with Crippen molar-refractivity contribution >= 4 is 11.6 Å². The van der Waals surface area contributed by atoms with E-state index in [-0.39, 0.29) is 13.1 Å². The summed E-state index contributed by atoms with van der Waals surface area (Å²) >= 11 is 0. The third kappa shape index (κ3) is 1.47. The van der Waals surface area contributed by atoms with Gasteiger partial charge in [-0.1, -0.05) is 0 Å². The van der Waals surface area contributed by atoms with Crippen molar-refractivity contribution in [3.63, 3.8) is 0 Å². The number of nitrogens with two attached hydrogens (primary N) is 1. The molecule has 0 saturated carbocycles. The van der Waals surface area contributed by atoms with E-state index in [9.17, 15) is 8.78 Å². The fraction of sp³-hybridized carbons (Fsp3) is 0.500. The molecule has 2 heterocycles. The molecule has 0 atom stereocenters. The molecule has 0 radical (unpaired) electrons. The van der Waals surface area contributed by atoms with Gasteiger partial charge < -0.3 is 10.6 Å². The number of aryl methyl sites for hydroxylation is 1. The molecule has 0 aliphatic carbocycles. The van der Waals surface area contributed by atoms with Crippen LogP contribution in [0.25, 0.3) is 0 Å². The molecular weight excluding hydrogens is 190 g/mol. The Morgan fingerprint density at radius 1 is 1.50 bits per heavy atom. The Bertz CT molecular complexity index is 358. The van der Waals surface area contributed by atoms with E-state index in [1.807, 2.05) is 0 Å². The number of rotatable bonds is 1. The molecule has 2 rings (SSSR count). The van der Waals surface area contributed by atoms with Crippen molar-refractivity contribution in [2.24, 2.45) is 0 Å². The van der Waals surface area contributed by atoms with Crippen molar-refractivity contribution < 1.29 is 8.78 Å². The summed E-state index contributed by atoms with van der Waals surface area (Å²) in [6, 6.07) is 0. The number of alkyl halides is 2. The second-order valence-corrected chi connectivity index (χ2v) is 3.42. The molecular formula is C8H10F2N4. The quantitative estimate of drug-likeness (QED) is 0.729. The maximum atomic E-state index is 12.5. The number of aromatic nitrogens is 2. The van der Waals surface area contributed by atoms with E-state index in [1.54, 1.807) is 6.92 Å². The first-order valence-electron chi connectivity index (χ1n) is 4.20. The molecule has 14 heavy (non-hydrogen) atoms. The van der Waals surface area contributed by atoms with Crippen LogP contribution >= 0.6 is 0 Å². The fourth-order valence-corrected chi connectivity index (χ4v) is 1.27. The van der Waals surface area contributed by atoms with Crippen molar-refractivity contribution in [1.29, 1.82) is 0 Å². The first-order chi connectivity index (χ1) is 6.48. The van der Waals surface area contributed by atoms with Crippen molar-refractivity contribution in [2.75, 3.05) is 23.7 Å². The number of nitrogen functional groups attached to an aromatic ring is 1. The second kappa shape index (κ2) is 2.76. The molecule has 1 aromatic rings. The van der Waals surface area contributed by atoms with Gasteiger partial charge in [0.05, 0.1) is 30.7 Å². The van der Waals surface area contributed by atoms with Gasteiger partial charge in [0.1, 0.15) is 0 Å². The lowest BCUT2D eigenvalue weighted by molar-refractivity contribution is -0.0271. The lowest BCUT2D eigenvalue weighted by Gasteiger charge is -2.38. The molecule has 1 fully saturated rings. The van der Waals surface area contributed by atoms with E-state index in [0.717, 1.165) is 0 Å². The van der Waals surface area contributed by atoms with Crippen molar-refractivity contribution in [3.8, 4) is 0 Å². The molecule has 1 saturated heterocycles. The predicted molar refractivity (Wildman–Crippen MR) is 48.3 cm³/mol. The van der Waals surface area contributed by atoms with Crippen molar-refractivity contribution in [3.05, 3.63) is 11.9 Å².